The van der Waals surface area contributed by atoms with E-state index < -0.39 is 26.9 Å². The van der Waals surface area contributed by atoms with Crippen molar-refractivity contribution in [1.82, 2.24) is 8.87 Å². The van der Waals surface area contributed by atoms with Gasteiger partial charge in [0.1, 0.15) is 11.5 Å². The number of piperidine rings is 1. The fourth-order valence-corrected chi connectivity index (χ4v) is 9.28. The lowest BCUT2D eigenvalue weighted by Crippen LogP contribution is -2.49. The highest BCUT2D eigenvalue weighted by Gasteiger charge is 2.46. The molecule has 0 unspecified atom stereocenters. The first-order valence-corrected chi connectivity index (χ1v) is 16.8. The highest BCUT2D eigenvalue weighted by Crippen LogP contribution is 2.50. The molecule has 10 heteroatoms. The van der Waals surface area contributed by atoms with Crippen LogP contribution in [0.15, 0.2) is 82.6 Å². The molecule has 41 heavy (non-hydrogen) atoms. The predicted octanol–water partition coefficient (Wildman–Crippen LogP) is 5.45. The van der Waals surface area contributed by atoms with Crippen molar-refractivity contribution in [2.75, 3.05) is 19.4 Å². The zero-order valence-electron chi connectivity index (χ0n) is 22.8. The van der Waals surface area contributed by atoms with E-state index in [0.29, 0.717) is 34.8 Å². The standard InChI is InChI=1S/C31H31ClN2O5S2/c1-20-9-13-22(14-10-20)40(36)19-29(35)33-17-5-7-24-26(32)18-28-30(31(24)33)25-6-3-4-8-27(25)34(28)41(37,38)23-15-11-21(39-2)12-16-23/h3-4,6,8-16,24,26,31H,5,7,17-19H2,1-2H3/t24-,26+,31-,40+/m1/s1. The molecule has 1 amide bonds. The number of likely N-dealkylation sites (tertiary alicyclic amines) is 1. The first kappa shape index (κ1) is 28.0. The topological polar surface area (TPSA) is 85.7 Å². The summed E-state index contributed by atoms with van der Waals surface area (Å²) >= 11 is 7.02. The Morgan fingerprint density at radius 2 is 1.76 bits per heavy atom. The number of aryl methyl sites for hydroxylation is 1. The Morgan fingerprint density at radius 3 is 2.46 bits per heavy atom. The van der Waals surface area contributed by atoms with E-state index in [4.69, 9.17) is 16.3 Å². The molecule has 2 aliphatic rings. The van der Waals surface area contributed by atoms with Crippen LogP contribution in [-0.2, 0) is 32.0 Å². The Bertz CT molecular complexity index is 1750. The Morgan fingerprint density at radius 1 is 1.05 bits per heavy atom. The molecule has 1 aromatic heterocycles. The second-order valence-electron chi connectivity index (χ2n) is 10.7. The SMILES string of the molecule is COc1ccc(S(=O)(=O)n2c3c(c4ccccc42)[C@H]2[C@H](CCCN2C(=O)C[S@](=O)c2ccc(C)cc2)[C@@H](Cl)C3)cc1. The minimum Gasteiger partial charge on any atom is -0.497 e. The molecule has 0 radical (unpaired) electrons. The number of halogens is 1. The van der Waals surface area contributed by atoms with Gasteiger partial charge in [-0.3, -0.25) is 9.00 Å². The third kappa shape index (κ3) is 4.87. The molecular formula is C31H31ClN2O5S2. The first-order chi connectivity index (χ1) is 19.7. The summed E-state index contributed by atoms with van der Waals surface area (Å²) in [5, 5.41) is 0.428. The molecule has 4 aromatic rings. The zero-order valence-corrected chi connectivity index (χ0v) is 25.2. The summed E-state index contributed by atoms with van der Waals surface area (Å²) in [4.78, 5) is 16.3. The van der Waals surface area contributed by atoms with Crippen molar-refractivity contribution in [3.05, 3.63) is 89.6 Å². The second-order valence-corrected chi connectivity index (χ2v) is 14.5. The Hall–Kier alpha value is -3.14. The summed E-state index contributed by atoms with van der Waals surface area (Å²) in [5.41, 5.74) is 3.04. The van der Waals surface area contributed by atoms with Gasteiger partial charge in [-0.05, 0) is 62.2 Å². The quantitative estimate of drug-likeness (QED) is 0.271. The summed E-state index contributed by atoms with van der Waals surface area (Å²) < 4.78 is 48.1. The van der Waals surface area contributed by atoms with E-state index in [1.54, 1.807) is 35.2 Å². The summed E-state index contributed by atoms with van der Waals surface area (Å²) in [6.07, 6.45) is 1.97. The van der Waals surface area contributed by atoms with Crippen LogP contribution in [0.25, 0.3) is 10.9 Å². The highest BCUT2D eigenvalue weighted by molar-refractivity contribution is 7.90. The van der Waals surface area contributed by atoms with E-state index in [0.717, 1.165) is 29.4 Å². The molecule has 3 aromatic carbocycles. The van der Waals surface area contributed by atoms with Crippen molar-refractivity contribution in [3.63, 3.8) is 0 Å². The van der Waals surface area contributed by atoms with Gasteiger partial charge in [-0.15, -0.1) is 11.6 Å². The minimum absolute atomic E-state index is 0.0439. The smallest absolute Gasteiger partial charge is 0.268 e. The maximum absolute atomic E-state index is 14.1. The van der Waals surface area contributed by atoms with Crippen molar-refractivity contribution in [2.45, 2.75) is 47.4 Å². The van der Waals surface area contributed by atoms with Gasteiger partial charge in [0.15, 0.2) is 0 Å². The van der Waals surface area contributed by atoms with Crippen LogP contribution in [-0.4, -0.2) is 52.2 Å². The number of amides is 1. The van der Waals surface area contributed by atoms with Crippen molar-refractivity contribution in [2.24, 2.45) is 5.92 Å². The molecule has 6 rings (SSSR count). The molecule has 214 valence electrons. The number of benzene rings is 3. The minimum atomic E-state index is -4.00. The summed E-state index contributed by atoms with van der Waals surface area (Å²) in [6, 6.07) is 20.7. The monoisotopic (exact) mass is 610 g/mol. The largest absolute Gasteiger partial charge is 0.497 e. The number of alkyl halides is 1. The van der Waals surface area contributed by atoms with Crippen LogP contribution in [0.4, 0.5) is 0 Å². The lowest BCUT2D eigenvalue weighted by Gasteiger charge is -2.46. The van der Waals surface area contributed by atoms with Gasteiger partial charge in [-0.25, -0.2) is 12.4 Å². The number of fused-ring (bicyclic) bond motifs is 5. The van der Waals surface area contributed by atoms with Gasteiger partial charge >= 0.3 is 0 Å². The molecule has 0 spiro atoms. The van der Waals surface area contributed by atoms with Crippen LogP contribution in [0.1, 0.15) is 35.7 Å². The maximum Gasteiger partial charge on any atom is 0.268 e. The number of methoxy groups -OCH3 is 1. The predicted molar refractivity (Wildman–Crippen MR) is 160 cm³/mol. The van der Waals surface area contributed by atoms with Gasteiger partial charge in [0, 0.05) is 45.8 Å². The Kier molecular flexibility index (Phi) is 7.46. The number of hydrogen-bond acceptors (Lipinski definition) is 5. The van der Waals surface area contributed by atoms with E-state index in [1.807, 2.05) is 37.3 Å². The molecule has 1 saturated heterocycles. The molecule has 1 aliphatic carbocycles. The van der Waals surface area contributed by atoms with Crippen LogP contribution in [0.3, 0.4) is 0 Å². The lowest BCUT2D eigenvalue weighted by atomic mass is 9.76. The van der Waals surface area contributed by atoms with E-state index >= 15 is 0 Å². The number of carbonyl (C=O) groups excluding carboxylic acids is 1. The van der Waals surface area contributed by atoms with Crippen molar-refractivity contribution in [1.29, 1.82) is 0 Å². The van der Waals surface area contributed by atoms with Crippen LogP contribution in [0.2, 0.25) is 0 Å². The zero-order chi connectivity index (χ0) is 28.9. The first-order valence-electron chi connectivity index (χ1n) is 13.6. The number of nitrogens with zero attached hydrogens (tertiary/aromatic N) is 2. The summed E-state index contributed by atoms with van der Waals surface area (Å²) in [6.45, 7) is 2.46. The summed E-state index contributed by atoms with van der Waals surface area (Å²) in [7, 11) is -3.97. The molecule has 0 N–H and O–H groups in total. The Balaban J connectivity index is 1.45. The van der Waals surface area contributed by atoms with Crippen LogP contribution in [0, 0.1) is 12.8 Å². The number of para-hydroxylation sites is 1. The van der Waals surface area contributed by atoms with Gasteiger partial charge in [-0.1, -0.05) is 35.9 Å². The number of carbonyl (C=O) groups is 1. The van der Waals surface area contributed by atoms with E-state index in [2.05, 4.69) is 0 Å². The Labute approximate surface area is 247 Å². The average Bonchev–Trinajstić information content (AvgIpc) is 3.32. The molecule has 1 fully saturated rings. The van der Waals surface area contributed by atoms with E-state index in [1.165, 1.54) is 23.2 Å². The van der Waals surface area contributed by atoms with Crippen LogP contribution in [0.5, 0.6) is 5.75 Å². The van der Waals surface area contributed by atoms with Crippen LogP contribution < -0.4 is 4.74 Å². The number of aromatic nitrogens is 1. The van der Waals surface area contributed by atoms with Gasteiger partial charge in [0.05, 0.1) is 34.4 Å². The number of hydrogen-bond donors (Lipinski definition) is 0. The number of ether oxygens (including phenoxy) is 1. The third-order valence-electron chi connectivity index (χ3n) is 8.25. The van der Waals surface area contributed by atoms with Crippen molar-refractivity contribution < 1.29 is 22.2 Å². The van der Waals surface area contributed by atoms with Gasteiger partial charge in [-0.2, -0.15) is 0 Å². The normalized spacial score (nSPS) is 21.2. The molecular weight excluding hydrogens is 580 g/mol. The van der Waals surface area contributed by atoms with E-state index in [-0.39, 0.29) is 27.9 Å². The average molecular weight is 611 g/mol. The molecule has 4 atom stereocenters. The summed E-state index contributed by atoms with van der Waals surface area (Å²) in [5.74, 6) is 0.159. The third-order valence-corrected chi connectivity index (χ3v) is 11.8. The van der Waals surface area contributed by atoms with Gasteiger partial charge in [0.25, 0.3) is 10.0 Å². The van der Waals surface area contributed by atoms with Crippen molar-refractivity contribution in [3.8, 4) is 5.75 Å². The molecule has 7 nitrogen and oxygen atoms in total. The van der Waals surface area contributed by atoms with Gasteiger partial charge in [0.2, 0.25) is 5.91 Å². The maximum atomic E-state index is 14.1. The molecule has 0 saturated carbocycles. The lowest BCUT2D eigenvalue weighted by molar-refractivity contribution is -0.134. The second kappa shape index (κ2) is 10.9. The molecule has 2 heterocycles. The highest BCUT2D eigenvalue weighted by atomic mass is 35.5. The molecule has 0 bridgehead atoms. The number of rotatable bonds is 6. The molecule has 1 aliphatic heterocycles. The van der Waals surface area contributed by atoms with Crippen molar-refractivity contribution >= 4 is 49.2 Å². The van der Waals surface area contributed by atoms with Gasteiger partial charge < -0.3 is 9.64 Å². The van der Waals surface area contributed by atoms with Crippen LogP contribution >= 0.6 is 11.6 Å². The van der Waals surface area contributed by atoms with E-state index in [9.17, 15) is 17.4 Å². The fourth-order valence-electron chi connectivity index (χ4n) is 6.30. The fraction of sp³-hybridized carbons (Fsp3) is 0.323.